The fourth-order valence-electron chi connectivity index (χ4n) is 1.73. The Hall–Kier alpha value is -0.0505. The first-order valence-corrected chi connectivity index (χ1v) is 6.28. The van der Waals surface area contributed by atoms with Crippen LogP contribution in [0.25, 0.3) is 5.32 Å². The summed E-state index contributed by atoms with van der Waals surface area (Å²) in [5, 5.41) is 4.61. The molecule has 0 fully saturated rings. The number of likely N-dealkylation sites (N-methyl/N-ethyl adjacent to an activating group) is 1. The third kappa shape index (κ3) is 10.8. The van der Waals surface area contributed by atoms with Crippen molar-refractivity contribution in [3.05, 3.63) is 5.32 Å². The predicted molar refractivity (Wildman–Crippen MR) is 73.5 cm³/mol. The fraction of sp³-hybridized carbons (Fsp3) is 0.923. The van der Waals surface area contributed by atoms with E-state index < -0.39 is 0 Å². The SMILES string of the molecule is CCN(CC)CC(C)[N-]C(C)=NC(C)(C)C.[Cu+]. The zero-order valence-corrected chi connectivity index (χ0v) is 13.3. The second-order valence-corrected chi connectivity index (χ2v) is 5.29. The van der Waals surface area contributed by atoms with Gasteiger partial charge in [0.2, 0.25) is 0 Å². The average Bonchev–Trinajstić information content (AvgIpc) is 2.10. The van der Waals surface area contributed by atoms with E-state index in [1.54, 1.807) is 0 Å². The zero-order chi connectivity index (χ0) is 12.8. The summed E-state index contributed by atoms with van der Waals surface area (Å²) in [5.41, 5.74) is -0.0253. The summed E-state index contributed by atoms with van der Waals surface area (Å²) in [7, 11) is 0. The van der Waals surface area contributed by atoms with Gasteiger partial charge < -0.3 is 15.2 Å². The smallest absolute Gasteiger partial charge is 0.465 e. The molecule has 106 valence electrons. The van der Waals surface area contributed by atoms with E-state index in [1.165, 1.54) is 0 Å². The van der Waals surface area contributed by atoms with Crippen LogP contribution in [0.15, 0.2) is 4.99 Å². The van der Waals surface area contributed by atoms with Crippen LogP contribution in [0.2, 0.25) is 0 Å². The molecule has 0 aromatic carbocycles. The van der Waals surface area contributed by atoms with E-state index in [9.17, 15) is 0 Å². The van der Waals surface area contributed by atoms with Gasteiger partial charge in [-0.15, -0.1) is 0 Å². The maximum Gasteiger partial charge on any atom is 1.00 e. The molecule has 17 heavy (non-hydrogen) atoms. The minimum Gasteiger partial charge on any atom is -0.465 e. The summed E-state index contributed by atoms with van der Waals surface area (Å²) in [4.78, 5) is 6.93. The van der Waals surface area contributed by atoms with E-state index >= 15 is 0 Å². The van der Waals surface area contributed by atoms with Crippen LogP contribution in [0.5, 0.6) is 0 Å². The van der Waals surface area contributed by atoms with E-state index in [4.69, 9.17) is 0 Å². The van der Waals surface area contributed by atoms with Crippen LogP contribution in [0, 0.1) is 0 Å². The summed E-state index contributed by atoms with van der Waals surface area (Å²) in [5.74, 6) is 0.909. The van der Waals surface area contributed by atoms with Crippen LogP contribution >= 0.6 is 0 Å². The number of aliphatic imine (C=N–C) groups is 1. The van der Waals surface area contributed by atoms with Crippen molar-refractivity contribution in [1.82, 2.24) is 4.90 Å². The van der Waals surface area contributed by atoms with Gasteiger partial charge in [0, 0.05) is 0 Å². The molecular formula is C13H28CuN3. The van der Waals surface area contributed by atoms with Gasteiger partial charge in [-0.25, -0.2) is 0 Å². The molecule has 0 heterocycles. The number of nitrogens with zero attached hydrogens (tertiary/aromatic N) is 3. The molecule has 0 radical (unpaired) electrons. The summed E-state index contributed by atoms with van der Waals surface area (Å²) in [6.45, 7) is 18.0. The molecule has 1 atom stereocenters. The van der Waals surface area contributed by atoms with Gasteiger partial charge in [0.1, 0.15) is 0 Å². The largest absolute Gasteiger partial charge is 1.00 e. The topological polar surface area (TPSA) is 29.7 Å². The summed E-state index contributed by atoms with van der Waals surface area (Å²) < 4.78 is 0. The minimum absolute atomic E-state index is 0. The molecular weight excluding hydrogens is 262 g/mol. The molecule has 0 bridgehead atoms. The quantitative estimate of drug-likeness (QED) is 0.434. The van der Waals surface area contributed by atoms with Crippen molar-refractivity contribution in [2.24, 2.45) is 4.99 Å². The number of amidine groups is 1. The Labute approximate surface area is 118 Å². The summed E-state index contributed by atoms with van der Waals surface area (Å²) >= 11 is 0. The molecule has 0 aromatic rings. The first kappa shape index (κ1) is 19.3. The molecule has 0 aliphatic heterocycles. The Morgan fingerprint density at radius 3 is 2.06 bits per heavy atom. The van der Waals surface area contributed by atoms with Crippen molar-refractivity contribution in [2.45, 2.75) is 60.0 Å². The molecule has 0 spiro atoms. The number of rotatable bonds is 5. The van der Waals surface area contributed by atoms with Gasteiger partial charge in [-0.2, -0.15) is 0 Å². The van der Waals surface area contributed by atoms with Gasteiger partial charge in [0.05, 0.1) is 0 Å². The Balaban J connectivity index is 0. The van der Waals surface area contributed by atoms with Gasteiger partial charge in [0.25, 0.3) is 0 Å². The molecule has 0 aliphatic carbocycles. The molecule has 0 N–H and O–H groups in total. The van der Waals surface area contributed by atoms with Crippen LogP contribution in [-0.2, 0) is 17.1 Å². The molecule has 0 rings (SSSR count). The number of hydrogen-bond acceptors (Lipinski definition) is 2. The molecule has 0 saturated carbocycles. The normalized spacial score (nSPS) is 14.5. The van der Waals surface area contributed by atoms with Crippen LogP contribution in [0.4, 0.5) is 0 Å². The molecule has 0 aromatic heterocycles. The van der Waals surface area contributed by atoms with E-state index in [1.807, 2.05) is 6.92 Å². The van der Waals surface area contributed by atoms with Crippen LogP contribution < -0.4 is 0 Å². The molecule has 0 aliphatic rings. The summed E-state index contributed by atoms with van der Waals surface area (Å²) in [6.07, 6.45) is 0. The van der Waals surface area contributed by atoms with Gasteiger partial charge in [-0.3, -0.25) is 0 Å². The molecule has 0 amide bonds. The number of hydrogen-bond donors (Lipinski definition) is 0. The maximum atomic E-state index is 4.61. The van der Waals surface area contributed by atoms with Crippen molar-refractivity contribution in [3.63, 3.8) is 0 Å². The van der Waals surface area contributed by atoms with Crippen molar-refractivity contribution >= 4 is 5.84 Å². The fourth-order valence-corrected chi connectivity index (χ4v) is 1.73. The summed E-state index contributed by atoms with van der Waals surface area (Å²) in [6, 6.07) is 0.325. The Kier molecular flexibility index (Phi) is 10.2. The monoisotopic (exact) mass is 289 g/mol. The van der Waals surface area contributed by atoms with Gasteiger partial charge in [0.15, 0.2) is 0 Å². The Bertz CT molecular complexity index is 217. The third-order valence-corrected chi connectivity index (χ3v) is 2.32. The standard InChI is InChI=1S/C13H28N3.Cu/c1-8-16(9-2)10-11(3)14-12(4)15-13(5,6)7;/h11H,8-10H2,1-7H3;/q-1;+1. The average molecular weight is 290 g/mol. The van der Waals surface area contributed by atoms with Crippen molar-refractivity contribution in [3.8, 4) is 0 Å². The van der Waals surface area contributed by atoms with E-state index in [0.29, 0.717) is 6.04 Å². The van der Waals surface area contributed by atoms with E-state index in [0.717, 1.165) is 25.5 Å². The Morgan fingerprint density at radius 1 is 1.24 bits per heavy atom. The van der Waals surface area contributed by atoms with Gasteiger partial charge >= 0.3 is 17.1 Å². The van der Waals surface area contributed by atoms with Crippen molar-refractivity contribution in [1.29, 1.82) is 0 Å². The van der Waals surface area contributed by atoms with Crippen LogP contribution in [-0.4, -0.2) is 42.0 Å². The first-order chi connectivity index (χ1) is 7.28. The van der Waals surface area contributed by atoms with Crippen LogP contribution in [0.3, 0.4) is 0 Å². The predicted octanol–water partition coefficient (Wildman–Crippen LogP) is 3.30. The van der Waals surface area contributed by atoms with Crippen molar-refractivity contribution in [2.75, 3.05) is 19.6 Å². The Morgan fingerprint density at radius 2 is 1.71 bits per heavy atom. The second-order valence-electron chi connectivity index (χ2n) is 5.29. The van der Waals surface area contributed by atoms with E-state index in [-0.39, 0.29) is 22.6 Å². The molecule has 0 saturated heterocycles. The molecule has 1 unspecified atom stereocenters. The molecule has 4 heteroatoms. The first-order valence-electron chi connectivity index (χ1n) is 6.28. The van der Waals surface area contributed by atoms with Gasteiger partial charge in [-0.1, -0.05) is 47.4 Å². The third-order valence-electron chi connectivity index (χ3n) is 2.32. The van der Waals surface area contributed by atoms with Crippen LogP contribution in [0.1, 0.15) is 48.5 Å². The van der Waals surface area contributed by atoms with Crippen molar-refractivity contribution < 1.29 is 17.1 Å². The molecule has 3 nitrogen and oxygen atoms in total. The van der Waals surface area contributed by atoms with E-state index in [2.05, 4.69) is 56.8 Å². The minimum atomic E-state index is -0.0253. The van der Waals surface area contributed by atoms with Gasteiger partial charge in [-0.05, 0) is 38.1 Å². The second kappa shape index (κ2) is 8.96. The maximum absolute atomic E-state index is 4.61. The zero-order valence-electron chi connectivity index (χ0n) is 12.3.